The van der Waals surface area contributed by atoms with Gasteiger partial charge in [0.25, 0.3) is 0 Å². The maximum atomic E-state index is 14.0. The van der Waals surface area contributed by atoms with E-state index in [0.717, 1.165) is 31.6 Å². The molecule has 124 valence electrons. The van der Waals surface area contributed by atoms with Crippen molar-refractivity contribution in [2.75, 3.05) is 24.5 Å². The van der Waals surface area contributed by atoms with Crippen molar-refractivity contribution < 1.29 is 9.50 Å². The lowest BCUT2D eigenvalue weighted by Gasteiger charge is -2.22. The molecule has 0 aliphatic heterocycles. The third-order valence-corrected chi connectivity index (χ3v) is 3.97. The summed E-state index contributed by atoms with van der Waals surface area (Å²) in [5.41, 5.74) is 2.94. The van der Waals surface area contributed by atoms with Crippen molar-refractivity contribution in [3.8, 4) is 5.75 Å². The molecule has 2 aromatic rings. The Balaban J connectivity index is 1.88. The van der Waals surface area contributed by atoms with Crippen LogP contribution in [-0.2, 0) is 13.0 Å². The fourth-order valence-corrected chi connectivity index (χ4v) is 2.60. The van der Waals surface area contributed by atoms with Crippen molar-refractivity contribution >= 4 is 5.69 Å². The van der Waals surface area contributed by atoms with Crippen LogP contribution in [0.25, 0.3) is 0 Å². The molecule has 0 saturated carbocycles. The van der Waals surface area contributed by atoms with E-state index in [-0.39, 0.29) is 11.6 Å². The van der Waals surface area contributed by atoms with Crippen LogP contribution < -0.4 is 10.2 Å². The van der Waals surface area contributed by atoms with Crippen LogP contribution in [0.1, 0.15) is 25.0 Å². The summed E-state index contributed by atoms with van der Waals surface area (Å²) in [6.45, 7) is 7.21. The number of rotatable bonds is 8. The Bertz CT molecular complexity index is 609. The minimum atomic E-state index is -0.165. The van der Waals surface area contributed by atoms with E-state index in [2.05, 4.69) is 5.32 Å². The highest BCUT2D eigenvalue weighted by atomic mass is 19.1. The Morgan fingerprint density at radius 1 is 1.00 bits per heavy atom. The molecule has 0 bridgehead atoms. The predicted molar refractivity (Wildman–Crippen MR) is 93.5 cm³/mol. The lowest BCUT2D eigenvalue weighted by molar-refractivity contribution is 0.475. The molecule has 2 N–H and O–H groups in total. The van der Waals surface area contributed by atoms with E-state index in [4.69, 9.17) is 0 Å². The van der Waals surface area contributed by atoms with Crippen LogP contribution in [0, 0.1) is 5.82 Å². The summed E-state index contributed by atoms with van der Waals surface area (Å²) in [7, 11) is 0. The molecule has 2 aromatic carbocycles. The van der Waals surface area contributed by atoms with Gasteiger partial charge in [-0.15, -0.1) is 0 Å². The molecule has 0 aliphatic rings. The van der Waals surface area contributed by atoms with Gasteiger partial charge < -0.3 is 15.3 Å². The Labute approximate surface area is 137 Å². The maximum Gasteiger partial charge on any atom is 0.146 e. The van der Waals surface area contributed by atoms with E-state index in [0.29, 0.717) is 12.2 Å². The van der Waals surface area contributed by atoms with Crippen molar-refractivity contribution in [3.05, 3.63) is 59.4 Å². The Kier molecular flexibility index (Phi) is 6.41. The molecule has 0 spiro atoms. The van der Waals surface area contributed by atoms with Gasteiger partial charge in [-0.05, 0) is 62.2 Å². The van der Waals surface area contributed by atoms with Gasteiger partial charge in [0.15, 0.2) is 0 Å². The number of nitrogens with zero attached hydrogens (tertiary/aromatic N) is 1. The summed E-state index contributed by atoms with van der Waals surface area (Å²) in [6.07, 6.45) is 0.893. The minimum absolute atomic E-state index is 0.165. The summed E-state index contributed by atoms with van der Waals surface area (Å²) in [5, 5.41) is 12.6. The SMILES string of the molecule is CCN(CC)c1cc(CNCCc2ccc(O)cc2)ccc1F. The zero-order valence-electron chi connectivity index (χ0n) is 13.8. The van der Waals surface area contributed by atoms with Crippen LogP contribution in [0.2, 0.25) is 0 Å². The van der Waals surface area contributed by atoms with E-state index in [1.807, 2.05) is 43.0 Å². The van der Waals surface area contributed by atoms with E-state index in [9.17, 15) is 9.50 Å². The highest BCUT2D eigenvalue weighted by Gasteiger charge is 2.09. The van der Waals surface area contributed by atoms with Crippen LogP contribution in [0.5, 0.6) is 5.75 Å². The van der Waals surface area contributed by atoms with Gasteiger partial charge in [0, 0.05) is 19.6 Å². The second kappa shape index (κ2) is 8.53. The lowest BCUT2D eigenvalue weighted by atomic mass is 10.1. The molecule has 0 heterocycles. The molecule has 4 heteroatoms. The van der Waals surface area contributed by atoms with Crippen molar-refractivity contribution in [1.29, 1.82) is 0 Å². The van der Waals surface area contributed by atoms with Crippen LogP contribution in [0.3, 0.4) is 0 Å². The summed E-state index contributed by atoms with van der Waals surface area (Å²) >= 11 is 0. The van der Waals surface area contributed by atoms with Crippen LogP contribution in [0.15, 0.2) is 42.5 Å². The highest BCUT2D eigenvalue weighted by molar-refractivity contribution is 5.49. The Hall–Kier alpha value is -2.07. The van der Waals surface area contributed by atoms with E-state index in [1.54, 1.807) is 18.2 Å². The van der Waals surface area contributed by atoms with Crippen molar-refractivity contribution in [3.63, 3.8) is 0 Å². The second-order valence-electron chi connectivity index (χ2n) is 5.55. The third-order valence-electron chi connectivity index (χ3n) is 3.97. The molecule has 23 heavy (non-hydrogen) atoms. The Morgan fingerprint density at radius 2 is 1.65 bits per heavy atom. The monoisotopic (exact) mass is 316 g/mol. The number of phenolic OH excluding ortho intramolecular Hbond substituents is 1. The number of aromatic hydroxyl groups is 1. The van der Waals surface area contributed by atoms with Crippen molar-refractivity contribution in [2.45, 2.75) is 26.8 Å². The van der Waals surface area contributed by atoms with Crippen molar-refractivity contribution in [2.24, 2.45) is 0 Å². The smallest absolute Gasteiger partial charge is 0.146 e. The molecule has 0 aliphatic carbocycles. The number of phenols is 1. The van der Waals surface area contributed by atoms with Gasteiger partial charge in [-0.1, -0.05) is 18.2 Å². The summed E-state index contributed by atoms with van der Waals surface area (Å²) < 4.78 is 14.0. The second-order valence-corrected chi connectivity index (χ2v) is 5.55. The zero-order chi connectivity index (χ0) is 16.7. The van der Waals surface area contributed by atoms with Gasteiger partial charge in [0.05, 0.1) is 5.69 Å². The van der Waals surface area contributed by atoms with Gasteiger partial charge in [-0.2, -0.15) is 0 Å². The first kappa shape index (κ1) is 17.3. The molecular formula is C19H25FN2O. The molecule has 3 nitrogen and oxygen atoms in total. The van der Waals surface area contributed by atoms with Crippen LogP contribution >= 0.6 is 0 Å². The number of benzene rings is 2. The molecule has 0 fully saturated rings. The largest absolute Gasteiger partial charge is 0.508 e. The number of hydrogen-bond acceptors (Lipinski definition) is 3. The number of hydrogen-bond donors (Lipinski definition) is 2. The fourth-order valence-electron chi connectivity index (χ4n) is 2.60. The van der Waals surface area contributed by atoms with Gasteiger partial charge in [-0.3, -0.25) is 0 Å². The lowest BCUT2D eigenvalue weighted by Crippen LogP contribution is -2.23. The number of halogens is 1. The fraction of sp³-hybridized carbons (Fsp3) is 0.368. The summed E-state index contributed by atoms with van der Waals surface area (Å²) in [4.78, 5) is 2.02. The average Bonchev–Trinajstić information content (AvgIpc) is 2.57. The standard InChI is InChI=1S/C19H25FN2O/c1-3-22(4-2)19-13-16(7-10-18(19)20)14-21-12-11-15-5-8-17(23)9-6-15/h5-10,13,21,23H,3-4,11-12,14H2,1-2H3. The number of nitrogens with one attached hydrogen (secondary N) is 1. The van der Waals surface area contributed by atoms with Gasteiger partial charge in [-0.25, -0.2) is 4.39 Å². The summed E-state index contributed by atoms with van der Waals surface area (Å²) in [5.74, 6) is 0.124. The van der Waals surface area contributed by atoms with Crippen LogP contribution in [0.4, 0.5) is 10.1 Å². The quantitative estimate of drug-likeness (QED) is 0.729. The molecule has 0 unspecified atom stereocenters. The van der Waals surface area contributed by atoms with E-state index in [1.165, 1.54) is 5.56 Å². The topological polar surface area (TPSA) is 35.5 Å². The minimum Gasteiger partial charge on any atom is -0.508 e. The van der Waals surface area contributed by atoms with Gasteiger partial charge in [0.1, 0.15) is 11.6 Å². The van der Waals surface area contributed by atoms with Gasteiger partial charge in [0.2, 0.25) is 0 Å². The molecule has 0 radical (unpaired) electrons. The molecule has 0 atom stereocenters. The van der Waals surface area contributed by atoms with Gasteiger partial charge >= 0.3 is 0 Å². The predicted octanol–water partition coefficient (Wildman–Crippen LogP) is 3.71. The van der Waals surface area contributed by atoms with Crippen molar-refractivity contribution in [1.82, 2.24) is 5.32 Å². The van der Waals surface area contributed by atoms with Crippen LogP contribution in [-0.4, -0.2) is 24.7 Å². The van der Waals surface area contributed by atoms with E-state index < -0.39 is 0 Å². The zero-order valence-corrected chi connectivity index (χ0v) is 13.8. The molecule has 0 amide bonds. The highest BCUT2D eigenvalue weighted by Crippen LogP contribution is 2.20. The molecule has 2 rings (SSSR count). The summed E-state index contributed by atoms with van der Waals surface area (Å²) in [6, 6.07) is 12.6. The normalized spacial score (nSPS) is 10.7. The molecular weight excluding hydrogens is 291 g/mol. The number of anilines is 1. The average molecular weight is 316 g/mol. The van der Waals surface area contributed by atoms with E-state index >= 15 is 0 Å². The molecule has 0 saturated heterocycles. The Morgan fingerprint density at radius 3 is 2.30 bits per heavy atom. The first-order valence-electron chi connectivity index (χ1n) is 8.16. The molecule has 0 aromatic heterocycles. The first-order chi connectivity index (χ1) is 11.1. The first-order valence-corrected chi connectivity index (χ1v) is 8.16. The maximum absolute atomic E-state index is 14.0. The third kappa shape index (κ3) is 4.96.